The molecule has 0 aliphatic rings. The summed E-state index contributed by atoms with van der Waals surface area (Å²) in [6.07, 6.45) is 0. The van der Waals surface area contributed by atoms with Crippen LogP contribution in [0, 0.1) is 0 Å². The molecule has 0 radical (unpaired) electrons. The topological polar surface area (TPSA) is 29.3 Å². The summed E-state index contributed by atoms with van der Waals surface area (Å²) in [5.41, 5.74) is 9.52. The van der Waals surface area contributed by atoms with Crippen molar-refractivity contribution in [3.63, 3.8) is 0 Å². The van der Waals surface area contributed by atoms with Crippen molar-refractivity contribution in [3.8, 4) is 21.7 Å². The summed E-state index contributed by atoms with van der Waals surface area (Å²) >= 11 is 1.77. The smallest absolute Gasteiger partial charge is 0.136 e. The second kappa shape index (κ2) is 11.2. The minimum atomic E-state index is 0.889. The van der Waals surface area contributed by atoms with Crippen LogP contribution in [-0.2, 0) is 0 Å². The van der Waals surface area contributed by atoms with Crippen LogP contribution >= 0.6 is 11.3 Å². The normalized spacial score (nSPS) is 11.7. The van der Waals surface area contributed by atoms with E-state index in [0.717, 1.165) is 66.2 Å². The number of furan rings is 1. The third-order valence-corrected chi connectivity index (χ3v) is 10.6. The summed E-state index contributed by atoms with van der Waals surface area (Å²) in [7, 11) is 0. The molecular weight excluding hydrogens is 617 g/mol. The Morgan fingerprint density at radius 1 is 0.490 bits per heavy atom. The van der Waals surface area contributed by atoms with Crippen molar-refractivity contribution in [1.82, 2.24) is 4.98 Å². The van der Waals surface area contributed by atoms with Gasteiger partial charge < -0.3 is 9.32 Å². The summed E-state index contributed by atoms with van der Waals surface area (Å²) in [5.74, 6) is 0. The molecule has 0 spiro atoms. The molecule has 0 unspecified atom stereocenters. The average Bonchev–Trinajstić information content (AvgIpc) is 3.78. The van der Waals surface area contributed by atoms with Gasteiger partial charge in [0.25, 0.3) is 0 Å². The molecule has 10 rings (SSSR count). The Kier molecular flexibility index (Phi) is 6.36. The molecular formula is C45H28N2OS. The molecule has 0 saturated heterocycles. The third-order valence-electron chi connectivity index (χ3n) is 9.47. The quantitative estimate of drug-likeness (QED) is 0.175. The van der Waals surface area contributed by atoms with Gasteiger partial charge in [-0.25, -0.2) is 4.98 Å². The first-order valence-electron chi connectivity index (χ1n) is 16.5. The van der Waals surface area contributed by atoms with Crippen LogP contribution in [0.1, 0.15) is 0 Å². The molecule has 49 heavy (non-hydrogen) atoms. The molecule has 0 atom stereocenters. The van der Waals surface area contributed by atoms with Crippen molar-refractivity contribution in [1.29, 1.82) is 0 Å². The number of hydrogen-bond acceptors (Lipinski definition) is 4. The lowest BCUT2D eigenvalue weighted by atomic mass is 9.96. The van der Waals surface area contributed by atoms with Gasteiger partial charge in [-0.1, -0.05) is 121 Å². The molecule has 8 aromatic carbocycles. The molecule has 3 nitrogen and oxygen atoms in total. The van der Waals surface area contributed by atoms with E-state index in [1.165, 1.54) is 26.2 Å². The zero-order valence-corrected chi connectivity index (χ0v) is 27.2. The molecule has 0 N–H and O–H groups in total. The van der Waals surface area contributed by atoms with Crippen molar-refractivity contribution in [3.05, 3.63) is 170 Å². The summed E-state index contributed by atoms with van der Waals surface area (Å²) in [6.45, 7) is 0. The van der Waals surface area contributed by atoms with E-state index in [1.54, 1.807) is 11.3 Å². The number of para-hydroxylation sites is 3. The highest BCUT2D eigenvalue weighted by Gasteiger charge is 2.21. The molecule has 2 aromatic heterocycles. The molecule has 230 valence electrons. The van der Waals surface area contributed by atoms with Crippen LogP contribution in [-0.4, -0.2) is 4.98 Å². The van der Waals surface area contributed by atoms with E-state index in [1.807, 2.05) is 12.1 Å². The van der Waals surface area contributed by atoms with Crippen LogP contribution in [0.25, 0.3) is 75.4 Å². The molecule has 0 aliphatic carbocycles. The van der Waals surface area contributed by atoms with Gasteiger partial charge in [-0.05, 0) is 70.3 Å². The number of rotatable bonds is 5. The van der Waals surface area contributed by atoms with Crippen molar-refractivity contribution < 1.29 is 4.42 Å². The number of nitrogens with zero attached hydrogens (tertiary/aromatic N) is 2. The van der Waals surface area contributed by atoms with Crippen molar-refractivity contribution in [2.24, 2.45) is 0 Å². The maximum absolute atomic E-state index is 6.32. The zero-order chi connectivity index (χ0) is 32.3. The first-order chi connectivity index (χ1) is 24.3. The van der Waals surface area contributed by atoms with Crippen LogP contribution in [0.4, 0.5) is 17.1 Å². The van der Waals surface area contributed by atoms with Gasteiger partial charge in [-0.2, -0.15) is 0 Å². The fraction of sp³-hybridized carbons (Fsp3) is 0. The Hall–Kier alpha value is -6.23. The van der Waals surface area contributed by atoms with Gasteiger partial charge >= 0.3 is 0 Å². The minimum Gasteiger partial charge on any atom is -0.456 e. The van der Waals surface area contributed by atoms with Crippen molar-refractivity contribution >= 4 is 82.1 Å². The standard InChI is InChI=1S/C45H28N2OS/c1-3-12-31(13-4-1)45-46-38-27-25-30-23-22-29-24-26-33(28-37(29)42(30)44(38)49-45)47(32-14-5-2-6-15-32)39-19-9-7-16-34(39)35-18-11-21-41-43(35)36-17-8-10-20-40(36)48-41/h1-28H. The molecule has 0 saturated carbocycles. The summed E-state index contributed by atoms with van der Waals surface area (Å²) in [4.78, 5) is 7.47. The van der Waals surface area contributed by atoms with Gasteiger partial charge in [0.1, 0.15) is 16.2 Å². The maximum atomic E-state index is 6.32. The Morgan fingerprint density at radius 2 is 1.18 bits per heavy atom. The number of aromatic nitrogens is 1. The predicted molar refractivity (Wildman–Crippen MR) is 207 cm³/mol. The number of hydrogen-bond donors (Lipinski definition) is 0. The summed E-state index contributed by atoms with van der Waals surface area (Å²) < 4.78 is 7.53. The number of benzene rings is 8. The Bertz CT molecular complexity index is 2840. The van der Waals surface area contributed by atoms with E-state index in [2.05, 4.69) is 163 Å². The molecule has 10 aromatic rings. The molecule has 0 amide bonds. The first kappa shape index (κ1) is 27.8. The summed E-state index contributed by atoms with van der Waals surface area (Å²) in [6, 6.07) is 60.2. The van der Waals surface area contributed by atoms with Crippen LogP contribution in [0.2, 0.25) is 0 Å². The third kappa shape index (κ3) is 4.53. The van der Waals surface area contributed by atoms with Gasteiger partial charge in [-0.15, -0.1) is 11.3 Å². The highest BCUT2D eigenvalue weighted by molar-refractivity contribution is 7.22. The van der Waals surface area contributed by atoms with Gasteiger partial charge in [0.2, 0.25) is 0 Å². The van der Waals surface area contributed by atoms with Crippen molar-refractivity contribution in [2.45, 2.75) is 0 Å². The highest BCUT2D eigenvalue weighted by atomic mass is 32.1. The van der Waals surface area contributed by atoms with Gasteiger partial charge in [-0.3, -0.25) is 0 Å². The number of thiazole rings is 1. The first-order valence-corrected chi connectivity index (χ1v) is 17.3. The number of anilines is 3. The second-order valence-electron chi connectivity index (χ2n) is 12.3. The van der Waals surface area contributed by atoms with Gasteiger partial charge in [0.15, 0.2) is 0 Å². The Morgan fingerprint density at radius 3 is 2.08 bits per heavy atom. The van der Waals surface area contributed by atoms with E-state index < -0.39 is 0 Å². The largest absolute Gasteiger partial charge is 0.456 e. The predicted octanol–water partition coefficient (Wildman–Crippen LogP) is 13.3. The van der Waals surface area contributed by atoms with Crippen LogP contribution in [0.3, 0.4) is 0 Å². The van der Waals surface area contributed by atoms with Crippen molar-refractivity contribution in [2.75, 3.05) is 4.90 Å². The van der Waals surface area contributed by atoms with E-state index in [4.69, 9.17) is 9.40 Å². The Balaban J connectivity index is 1.23. The lowest BCUT2D eigenvalue weighted by molar-refractivity contribution is 0.669. The lowest BCUT2D eigenvalue weighted by Gasteiger charge is -2.28. The molecule has 0 bridgehead atoms. The maximum Gasteiger partial charge on any atom is 0.136 e. The van der Waals surface area contributed by atoms with Crippen LogP contribution in [0.5, 0.6) is 0 Å². The molecule has 2 heterocycles. The Labute approximate surface area is 286 Å². The van der Waals surface area contributed by atoms with Crippen LogP contribution in [0.15, 0.2) is 174 Å². The molecule has 0 fully saturated rings. The number of fused-ring (bicyclic) bond motifs is 8. The van der Waals surface area contributed by atoms with E-state index in [0.29, 0.717) is 0 Å². The van der Waals surface area contributed by atoms with E-state index >= 15 is 0 Å². The fourth-order valence-electron chi connectivity index (χ4n) is 7.25. The molecule has 0 aliphatic heterocycles. The second-order valence-corrected chi connectivity index (χ2v) is 13.3. The van der Waals surface area contributed by atoms with E-state index in [9.17, 15) is 0 Å². The minimum absolute atomic E-state index is 0.889. The SMILES string of the molecule is c1ccc(-c2nc3ccc4ccc5ccc(N(c6ccccc6)c6ccccc6-c6cccc7oc8ccccc8c67)cc5c4c3s2)cc1. The lowest BCUT2D eigenvalue weighted by Crippen LogP contribution is -2.11. The average molecular weight is 645 g/mol. The summed E-state index contributed by atoms with van der Waals surface area (Å²) in [5, 5.41) is 8.16. The van der Waals surface area contributed by atoms with Crippen LogP contribution < -0.4 is 4.90 Å². The molecule has 4 heteroatoms. The van der Waals surface area contributed by atoms with E-state index in [-0.39, 0.29) is 0 Å². The highest BCUT2D eigenvalue weighted by Crippen LogP contribution is 2.46. The monoisotopic (exact) mass is 644 g/mol. The zero-order valence-electron chi connectivity index (χ0n) is 26.4. The van der Waals surface area contributed by atoms with Gasteiger partial charge in [0.05, 0.1) is 15.9 Å². The fourth-order valence-corrected chi connectivity index (χ4v) is 8.39. The van der Waals surface area contributed by atoms with Gasteiger partial charge in [0, 0.05) is 38.7 Å².